The summed E-state index contributed by atoms with van der Waals surface area (Å²) in [5.41, 5.74) is 0.686. The van der Waals surface area contributed by atoms with E-state index in [9.17, 15) is 17.6 Å². The summed E-state index contributed by atoms with van der Waals surface area (Å²) in [6.07, 6.45) is 0. The molecule has 0 aromatic heterocycles. The summed E-state index contributed by atoms with van der Waals surface area (Å²) in [5.74, 6) is -2.57. The van der Waals surface area contributed by atoms with Crippen LogP contribution in [0.4, 0.5) is 17.6 Å². The summed E-state index contributed by atoms with van der Waals surface area (Å²) < 4.78 is 74.7. The molecule has 0 aliphatic heterocycles. The number of hydrogen-bond acceptors (Lipinski definition) is 3. The maximum Gasteiger partial charge on any atom is 0.640 e. The molecule has 0 N–H and O–H groups in total. The molecule has 0 amide bonds. The molecule has 0 heterocycles. The van der Waals surface area contributed by atoms with Crippen LogP contribution in [0.5, 0.6) is 0 Å². The van der Waals surface area contributed by atoms with Gasteiger partial charge in [-0.05, 0) is 84.6 Å². The standard InChI is InChI=1S/C30H27BF4O3/c1-3-36-31(37-4-2)38-30(23-9-17-27(34)18-10-23,24-11-19-28(35)20-12-24)29(21-5-13-25(32)14-6-21)22-7-15-26(33)16-8-22/h5-20,29H,3-4H2,1-2H3. The lowest BCUT2D eigenvalue weighted by Crippen LogP contribution is -2.45. The van der Waals surface area contributed by atoms with Crippen molar-refractivity contribution in [2.45, 2.75) is 25.4 Å². The second kappa shape index (κ2) is 12.4. The zero-order valence-electron chi connectivity index (χ0n) is 21.0. The van der Waals surface area contributed by atoms with Gasteiger partial charge in [0.05, 0.1) is 0 Å². The smallest absolute Gasteiger partial charge is 0.386 e. The first-order valence-electron chi connectivity index (χ1n) is 12.3. The first kappa shape index (κ1) is 27.6. The monoisotopic (exact) mass is 522 g/mol. The highest BCUT2D eigenvalue weighted by Gasteiger charge is 2.48. The maximum atomic E-state index is 14.1. The minimum absolute atomic E-state index is 0.255. The second-order valence-corrected chi connectivity index (χ2v) is 8.60. The molecule has 0 radical (unpaired) electrons. The predicted molar refractivity (Wildman–Crippen MR) is 138 cm³/mol. The van der Waals surface area contributed by atoms with E-state index in [4.69, 9.17) is 14.0 Å². The summed E-state index contributed by atoms with van der Waals surface area (Å²) in [6, 6.07) is 23.1. The molecule has 0 bridgehead atoms. The van der Waals surface area contributed by atoms with Gasteiger partial charge in [-0.2, -0.15) is 0 Å². The lowest BCUT2D eigenvalue weighted by atomic mass is 9.69. The van der Waals surface area contributed by atoms with Crippen LogP contribution >= 0.6 is 0 Å². The predicted octanol–water partition coefficient (Wildman–Crippen LogP) is 7.39. The minimum Gasteiger partial charge on any atom is -0.386 e. The van der Waals surface area contributed by atoms with Gasteiger partial charge < -0.3 is 14.0 Å². The first-order valence-corrected chi connectivity index (χ1v) is 12.3. The molecular weight excluding hydrogens is 495 g/mol. The Morgan fingerprint density at radius 3 is 1.18 bits per heavy atom. The third-order valence-electron chi connectivity index (χ3n) is 6.25. The summed E-state index contributed by atoms with van der Waals surface area (Å²) in [4.78, 5) is 0. The molecule has 0 spiro atoms. The van der Waals surface area contributed by atoms with Gasteiger partial charge in [0, 0.05) is 19.1 Å². The quantitative estimate of drug-likeness (QED) is 0.152. The second-order valence-electron chi connectivity index (χ2n) is 8.60. The summed E-state index contributed by atoms with van der Waals surface area (Å²) >= 11 is 0. The van der Waals surface area contributed by atoms with Gasteiger partial charge in [0.25, 0.3) is 0 Å². The Kier molecular flexibility index (Phi) is 8.99. The molecule has 0 aliphatic rings. The van der Waals surface area contributed by atoms with Crippen LogP contribution in [-0.2, 0) is 19.6 Å². The van der Waals surface area contributed by atoms with Crippen molar-refractivity contribution in [3.05, 3.63) is 143 Å². The van der Waals surface area contributed by atoms with E-state index in [1.807, 2.05) is 0 Å². The summed E-state index contributed by atoms with van der Waals surface area (Å²) in [6.45, 7) is 4.07. The molecule has 0 fully saturated rings. The van der Waals surface area contributed by atoms with Gasteiger partial charge >= 0.3 is 7.32 Å². The Morgan fingerprint density at radius 2 is 0.868 bits per heavy atom. The summed E-state index contributed by atoms with van der Waals surface area (Å²) in [7, 11) is -1.18. The van der Waals surface area contributed by atoms with E-state index in [2.05, 4.69) is 0 Å². The van der Waals surface area contributed by atoms with E-state index >= 15 is 0 Å². The first-order chi connectivity index (χ1) is 18.4. The number of benzene rings is 4. The fraction of sp³-hybridized carbons (Fsp3) is 0.200. The molecule has 0 unspecified atom stereocenters. The molecule has 3 nitrogen and oxygen atoms in total. The van der Waals surface area contributed by atoms with Crippen molar-refractivity contribution >= 4 is 7.32 Å². The van der Waals surface area contributed by atoms with Crippen LogP contribution in [0, 0.1) is 23.3 Å². The molecule has 4 aromatic carbocycles. The fourth-order valence-corrected chi connectivity index (χ4v) is 4.61. The number of halogens is 4. The lowest BCUT2D eigenvalue weighted by Gasteiger charge is -2.43. The largest absolute Gasteiger partial charge is 0.640 e. The molecule has 0 atom stereocenters. The highest BCUT2D eigenvalue weighted by atomic mass is 19.1. The van der Waals surface area contributed by atoms with E-state index < -0.39 is 42.1 Å². The lowest BCUT2D eigenvalue weighted by molar-refractivity contribution is 0.00459. The van der Waals surface area contributed by atoms with Crippen LogP contribution in [0.25, 0.3) is 0 Å². The van der Waals surface area contributed by atoms with Crippen LogP contribution < -0.4 is 0 Å². The maximum absolute atomic E-state index is 14.1. The SMILES string of the molecule is CCOB(OCC)OC(c1ccc(F)cc1)(c1ccc(F)cc1)C(c1ccc(F)cc1)c1ccc(F)cc1. The van der Waals surface area contributed by atoms with Crippen molar-refractivity contribution in [3.8, 4) is 0 Å². The van der Waals surface area contributed by atoms with E-state index in [1.165, 1.54) is 48.5 Å². The molecule has 4 aromatic rings. The van der Waals surface area contributed by atoms with Crippen molar-refractivity contribution in [2.75, 3.05) is 13.2 Å². The Hall–Kier alpha value is -3.46. The highest BCUT2D eigenvalue weighted by molar-refractivity contribution is 6.36. The van der Waals surface area contributed by atoms with Crippen molar-refractivity contribution in [1.29, 1.82) is 0 Å². The zero-order valence-corrected chi connectivity index (χ0v) is 21.0. The minimum atomic E-state index is -1.52. The third kappa shape index (κ3) is 5.99. The Balaban J connectivity index is 2.09. The van der Waals surface area contributed by atoms with E-state index in [-0.39, 0.29) is 13.2 Å². The number of hydrogen-bond donors (Lipinski definition) is 0. The van der Waals surface area contributed by atoms with Crippen molar-refractivity contribution in [3.63, 3.8) is 0 Å². The normalized spacial score (nSPS) is 11.7. The Bertz CT molecular complexity index is 1200. The van der Waals surface area contributed by atoms with Gasteiger partial charge in [-0.15, -0.1) is 0 Å². The molecule has 4 rings (SSSR count). The molecule has 8 heteroatoms. The van der Waals surface area contributed by atoms with Gasteiger partial charge in [-0.3, -0.25) is 0 Å². The summed E-state index contributed by atoms with van der Waals surface area (Å²) in [5, 5.41) is 0. The average Bonchev–Trinajstić information content (AvgIpc) is 2.91. The van der Waals surface area contributed by atoms with Crippen LogP contribution in [0.2, 0.25) is 0 Å². The van der Waals surface area contributed by atoms with Crippen molar-refractivity contribution in [1.82, 2.24) is 0 Å². The van der Waals surface area contributed by atoms with Crippen LogP contribution in [0.1, 0.15) is 42.0 Å². The average molecular weight is 522 g/mol. The highest BCUT2D eigenvalue weighted by Crippen LogP contribution is 2.50. The topological polar surface area (TPSA) is 27.7 Å². The van der Waals surface area contributed by atoms with Crippen molar-refractivity contribution in [2.24, 2.45) is 0 Å². The van der Waals surface area contributed by atoms with Gasteiger partial charge in [0.2, 0.25) is 0 Å². The molecule has 38 heavy (non-hydrogen) atoms. The van der Waals surface area contributed by atoms with E-state index in [1.54, 1.807) is 62.4 Å². The Morgan fingerprint density at radius 1 is 0.553 bits per heavy atom. The van der Waals surface area contributed by atoms with E-state index in [0.29, 0.717) is 22.3 Å². The van der Waals surface area contributed by atoms with E-state index in [0.717, 1.165) is 0 Å². The zero-order chi connectivity index (χ0) is 27.1. The van der Waals surface area contributed by atoms with Gasteiger partial charge in [-0.1, -0.05) is 48.5 Å². The van der Waals surface area contributed by atoms with Crippen LogP contribution in [0.15, 0.2) is 97.1 Å². The molecule has 0 saturated heterocycles. The molecule has 0 saturated carbocycles. The van der Waals surface area contributed by atoms with Gasteiger partial charge in [0.1, 0.15) is 28.9 Å². The molecule has 196 valence electrons. The van der Waals surface area contributed by atoms with Gasteiger partial charge in [-0.25, -0.2) is 17.6 Å². The Labute approximate surface area is 220 Å². The van der Waals surface area contributed by atoms with Gasteiger partial charge in [0.15, 0.2) is 0 Å². The van der Waals surface area contributed by atoms with Crippen LogP contribution in [-0.4, -0.2) is 20.5 Å². The fourth-order valence-electron chi connectivity index (χ4n) is 4.61. The number of rotatable bonds is 11. The molecular formula is C30H27BF4O3. The molecule has 0 aliphatic carbocycles. The van der Waals surface area contributed by atoms with Crippen molar-refractivity contribution < 1.29 is 31.5 Å². The van der Waals surface area contributed by atoms with Crippen LogP contribution in [0.3, 0.4) is 0 Å². The third-order valence-corrected chi connectivity index (χ3v) is 6.25.